The molecule has 2 N–H and O–H groups in total. The van der Waals surface area contributed by atoms with E-state index >= 15 is 0 Å². The van der Waals surface area contributed by atoms with E-state index in [1.807, 2.05) is 25.1 Å². The van der Waals surface area contributed by atoms with E-state index in [-0.39, 0.29) is 5.91 Å². The van der Waals surface area contributed by atoms with Crippen LogP contribution in [0.1, 0.15) is 15.9 Å². The quantitative estimate of drug-likeness (QED) is 0.382. The summed E-state index contributed by atoms with van der Waals surface area (Å²) in [5.41, 5.74) is 1.82. The van der Waals surface area contributed by atoms with E-state index in [4.69, 9.17) is 10.2 Å². The van der Waals surface area contributed by atoms with Crippen LogP contribution in [0.2, 0.25) is 0 Å². The summed E-state index contributed by atoms with van der Waals surface area (Å²) in [6.07, 6.45) is 6.97. The Labute approximate surface area is 201 Å². The first-order valence-electron chi connectivity index (χ1n) is 11.1. The molecule has 13 heteroatoms. The van der Waals surface area contributed by atoms with E-state index in [1.165, 1.54) is 13.5 Å². The van der Waals surface area contributed by atoms with E-state index in [2.05, 4.69) is 30.2 Å². The van der Waals surface area contributed by atoms with Crippen molar-refractivity contribution in [3.05, 3.63) is 60.2 Å². The molecule has 1 saturated heterocycles. The summed E-state index contributed by atoms with van der Waals surface area (Å²) >= 11 is 0. The van der Waals surface area contributed by atoms with E-state index in [0.29, 0.717) is 61.3 Å². The van der Waals surface area contributed by atoms with Gasteiger partial charge in [-0.2, -0.15) is 9.78 Å². The molecule has 0 aliphatic carbocycles. The zero-order valence-electron chi connectivity index (χ0n) is 19.1. The Morgan fingerprint density at radius 1 is 1.11 bits per heavy atom. The van der Waals surface area contributed by atoms with Gasteiger partial charge in [0.25, 0.3) is 13.2 Å². The summed E-state index contributed by atoms with van der Waals surface area (Å²) in [7, 11) is 1.26. The Hall–Kier alpha value is -4.26. The number of nitrogens with one attached hydrogen (secondary N) is 1. The topological polar surface area (TPSA) is 134 Å². The molecule has 5 heterocycles. The van der Waals surface area contributed by atoms with Gasteiger partial charge in [0.1, 0.15) is 11.4 Å². The maximum Gasteiger partial charge on any atom is 0.277 e. The maximum absolute atomic E-state index is 13.1. The number of aryl methyl sites for hydroxylation is 1. The highest BCUT2D eigenvalue weighted by Crippen LogP contribution is 2.24. The molecule has 1 fully saturated rings. The molecule has 0 saturated carbocycles. The van der Waals surface area contributed by atoms with E-state index in [9.17, 15) is 9.59 Å². The van der Waals surface area contributed by atoms with E-state index < -0.39 is 5.87 Å². The molecule has 4 aromatic heterocycles. The van der Waals surface area contributed by atoms with Gasteiger partial charge in [-0.1, -0.05) is 6.07 Å². The number of aromatic nitrogens is 6. The third kappa shape index (κ3) is 4.85. The fraction of sp³-hybridized carbons (Fsp3) is 0.273. The summed E-state index contributed by atoms with van der Waals surface area (Å²) in [5.74, 6) is 0.469. The number of anilines is 2. The second-order valence-electron chi connectivity index (χ2n) is 8.22. The first kappa shape index (κ1) is 22.5. The Morgan fingerprint density at radius 3 is 2.69 bits per heavy atom. The summed E-state index contributed by atoms with van der Waals surface area (Å²) in [5, 5.41) is 20.7. The van der Waals surface area contributed by atoms with Crippen LogP contribution in [0.3, 0.4) is 0 Å². The van der Waals surface area contributed by atoms with Gasteiger partial charge in [-0.3, -0.25) is 9.59 Å². The minimum atomic E-state index is -0.918. The van der Waals surface area contributed by atoms with Gasteiger partial charge in [0, 0.05) is 50.8 Å². The van der Waals surface area contributed by atoms with Crippen molar-refractivity contribution in [1.29, 1.82) is 0 Å². The molecular weight excluding hydrogens is 449 g/mol. The molecule has 0 atom stereocenters. The molecule has 1 amide bonds. The van der Waals surface area contributed by atoms with Crippen LogP contribution in [0, 0.1) is 6.92 Å². The van der Waals surface area contributed by atoms with Crippen molar-refractivity contribution in [2.45, 2.75) is 6.92 Å². The first-order valence-corrected chi connectivity index (χ1v) is 11.1. The van der Waals surface area contributed by atoms with Crippen LogP contribution in [-0.4, -0.2) is 91.0 Å². The van der Waals surface area contributed by atoms with Gasteiger partial charge in [-0.05, 0) is 31.1 Å². The van der Waals surface area contributed by atoms with E-state index in [0.717, 1.165) is 5.56 Å². The molecule has 5 rings (SSSR count). The number of amides is 1. The Balaban J connectivity index is 1.40. The maximum atomic E-state index is 13.1. The number of fused-ring (bicyclic) bond motifs is 1. The van der Waals surface area contributed by atoms with E-state index in [1.54, 1.807) is 33.9 Å². The van der Waals surface area contributed by atoms with Crippen LogP contribution in [0.5, 0.6) is 0 Å². The Morgan fingerprint density at radius 2 is 1.94 bits per heavy atom. The van der Waals surface area contributed by atoms with Crippen LogP contribution in [0.25, 0.3) is 11.5 Å². The largest absolute Gasteiger partial charge is 0.490 e. The SMILES string of the molecule is Cc1ccc(-n2nc(N3CCN(C[B]C(=O)O)CC3)cc2NC(=O)c2cnn3cccnc23)nc1. The third-order valence-corrected chi connectivity index (χ3v) is 5.80. The summed E-state index contributed by atoms with van der Waals surface area (Å²) < 4.78 is 3.15. The number of carbonyl (C=O) groups excluding carboxylic acids is 1. The lowest BCUT2D eigenvalue weighted by molar-refractivity contribution is 0.102. The highest BCUT2D eigenvalue weighted by atomic mass is 16.4. The summed E-state index contributed by atoms with van der Waals surface area (Å²) in [6, 6.07) is 7.34. The molecule has 4 aromatic rings. The standard InChI is InChI=1S/C22H23BN9O3/c1-15-3-4-17(25-12-15)32-18(27-21(33)16-13-26-31-6-2-5-24-20(16)31)11-19(28-32)30-9-7-29(8-10-30)14-23-22(34)35/h2-6,11-13H,7-10,14H2,1H3,(H,27,33)(H,34,35). The number of piperazine rings is 1. The van der Waals surface area contributed by atoms with Crippen LogP contribution in [0.15, 0.2) is 49.1 Å². The molecule has 1 aliphatic heterocycles. The monoisotopic (exact) mass is 472 g/mol. The van der Waals surface area contributed by atoms with Gasteiger partial charge in [-0.15, -0.1) is 5.10 Å². The Bertz CT molecular complexity index is 1360. The Kier molecular flexibility index (Phi) is 6.14. The van der Waals surface area contributed by atoms with Gasteiger partial charge in [0.05, 0.1) is 6.20 Å². The second kappa shape index (κ2) is 9.54. The predicted molar refractivity (Wildman–Crippen MR) is 129 cm³/mol. The van der Waals surface area contributed by atoms with Crippen LogP contribution in [0.4, 0.5) is 16.4 Å². The van der Waals surface area contributed by atoms with Crippen LogP contribution in [-0.2, 0) is 0 Å². The molecule has 0 bridgehead atoms. The van der Waals surface area contributed by atoms with Gasteiger partial charge in [-0.25, -0.2) is 14.5 Å². The average molecular weight is 472 g/mol. The number of hydrogen-bond donors (Lipinski definition) is 2. The molecule has 177 valence electrons. The zero-order valence-corrected chi connectivity index (χ0v) is 19.1. The molecule has 1 radical (unpaired) electrons. The van der Waals surface area contributed by atoms with Crippen LogP contribution >= 0.6 is 0 Å². The average Bonchev–Trinajstić information content (AvgIpc) is 3.48. The highest BCUT2D eigenvalue weighted by Gasteiger charge is 2.23. The van der Waals surface area contributed by atoms with Crippen molar-refractivity contribution >= 4 is 36.3 Å². The fourth-order valence-electron chi connectivity index (χ4n) is 3.91. The number of rotatable bonds is 7. The van der Waals surface area contributed by atoms with Gasteiger partial charge in [0.2, 0.25) is 5.87 Å². The molecule has 1 aliphatic rings. The minimum absolute atomic E-state index is 0.347. The number of pyridine rings is 1. The predicted octanol–water partition coefficient (Wildman–Crippen LogP) is 1.33. The number of carboxylic acid groups (broad SMARTS) is 1. The molecule has 12 nitrogen and oxygen atoms in total. The zero-order chi connectivity index (χ0) is 24.4. The lowest BCUT2D eigenvalue weighted by Gasteiger charge is -2.34. The first-order chi connectivity index (χ1) is 17.0. The molecule has 0 unspecified atom stereocenters. The minimum Gasteiger partial charge on any atom is -0.490 e. The molecule has 35 heavy (non-hydrogen) atoms. The second-order valence-corrected chi connectivity index (χ2v) is 8.22. The molecule has 0 aromatic carbocycles. The summed E-state index contributed by atoms with van der Waals surface area (Å²) in [6.45, 7) is 4.71. The van der Waals surface area contributed by atoms with Gasteiger partial charge in [0.15, 0.2) is 17.3 Å². The third-order valence-electron chi connectivity index (χ3n) is 5.80. The lowest BCUT2D eigenvalue weighted by Crippen LogP contribution is -2.48. The number of nitrogens with zero attached hydrogens (tertiary/aromatic N) is 8. The molecule has 0 spiro atoms. The smallest absolute Gasteiger partial charge is 0.277 e. The van der Waals surface area contributed by atoms with Crippen molar-refractivity contribution in [3.8, 4) is 5.82 Å². The fourth-order valence-corrected chi connectivity index (χ4v) is 3.91. The molecular formula is C22H23BN9O3. The van der Waals surface area contributed by atoms with Gasteiger partial charge >= 0.3 is 0 Å². The number of carbonyl (C=O) groups is 2. The summed E-state index contributed by atoms with van der Waals surface area (Å²) in [4.78, 5) is 36.9. The normalized spacial score (nSPS) is 14.3. The van der Waals surface area contributed by atoms with Crippen molar-refractivity contribution in [3.63, 3.8) is 0 Å². The van der Waals surface area contributed by atoms with Gasteiger partial charge < -0.3 is 20.2 Å². The van der Waals surface area contributed by atoms with Crippen molar-refractivity contribution < 1.29 is 14.7 Å². The lowest BCUT2D eigenvalue weighted by atomic mass is 9.78. The highest BCUT2D eigenvalue weighted by molar-refractivity contribution is 6.71. The van der Waals surface area contributed by atoms with Crippen LogP contribution < -0.4 is 10.2 Å². The van der Waals surface area contributed by atoms with Crippen molar-refractivity contribution in [2.24, 2.45) is 0 Å². The van der Waals surface area contributed by atoms with Crippen molar-refractivity contribution in [2.75, 3.05) is 42.8 Å². The number of hydrogen-bond acceptors (Lipinski definition) is 8. The van der Waals surface area contributed by atoms with Crippen molar-refractivity contribution in [1.82, 2.24) is 34.3 Å².